The standard InChI is InChI=1S/C18H26N2O4/c1-17(2,3)24-16(21)20-12-5-6-13(20)10-18(22,9-12)14-7-8-19-11-15(14)23-4/h7-8,11-13,22H,5-6,9-10H2,1-4H3. The second kappa shape index (κ2) is 5.92. The minimum atomic E-state index is -1.00. The number of amides is 1. The normalized spacial score (nSPS) is 29.5. The smallest absolute Gasteiger partial charge is 0.410 e. The first-order valence-electron chi connectivity index (χ1n) is 8.46. The van der Waals surface area contributed by atoms with Crippen molar-refractivity contribution >= 4 is 6.09 Å². The van der Waals surface area contributed by atoms with Gasteiger partial charge in [0.1, 0.15) is 11.4 Å². The average molecular weight is 334 g/mol. The predicted octanol–water partition coefficient (Wildman–Crippen LogP) is 2.84. The summed E-state index contributed by atoms with van der Waals surface area (Å²) in [5, 5.41) is 11.3. The highest BCUT2D eigenvalue weighted by Gasteiger charge is 2.51. The van der Waals surface area contributed by atoms with Crippen molar-refractivity contribution in [3.05, 3.63) is 24.0 Å². The molecule has 3 heterocycles. The predicted molar refractivity (Wildman–Crippen MR) is 88.8 cm³/mol. The Labute approximate surface area is 142 Å². The van der Waals surface area contributed by atoms with Gasteiger partial charge in [-0.3, -0.25) is 4.98 Å². The number of pyridine rings is 1. The van der Waals surface area contributed by atoms with E-state index in [0.29, 0.717) is 18.6 Å². The molecular formula is C18H26N2O4. The van der Waals surface area contributed by atoms with Crippen molar-refractivity contribution in [2.45, 2.75) is 69.7 Å². The Morgan fingerprint density at radius 3 is 2.50 bits per heavy atom. The largest absolute Gasteiger partial charge is 0.495 e. The third kappa shape index (κ3) is 3.07. The van der Waals surface area contributed by atoms with Gasteiger partial charge in [0.05, 0.1) is 18.9 Å². The average Bonchev–Trinajstić information content (AvgIpc) is 2.78. The second-order valence-electron chi connectivity index (χ2n) is 7.79. The van der Waals surface area contributed by atoms with Crippen molar-refractivity contribution in [2.75, 3.05) is 7.11 Å². The number of carbonyl (C=O) groups excluding carboxylic acids is 1. The Bertz CT molecular complexity index is 612. The first-order chi connectivity index (χ1) is 11.2. The van der Waals surface area contributed by atoms with Crippen LogP contribution in [0.3, 0.4) is 0 Å². The van der Waals surface area contributed by atoms with E-state index in [1.807, 2.05) is 25.7 Å². The van der Waals surface area contributed by atoms with Crippen LogP contribution in [0.5, 0.6) is 5.75 Å². The van der Waals surface area contributed by atoms with Crippen molar-refractivity contribution in [3.63, 3.8) is 0 Å². The Morgan fingerprint density at radius 2 is 1.96 bits per heavy atom. The van der Waals surface area contributed by atoms with Crippen molar-refractivity contribution in [2.24, 2.45) is 0 Å². The molecule has 0 spiro atoms. The fraction of sp³-hybridized carbons (Fsp3) is 0.667. The van der Waals surface area contributed by atoms with Gasteiger partial charge in [-0.15, -0.1) is 0 Å². The van der Waals surface area contributed by atoms with Gasteiger partial charge in [0.15, 0.2) is 0 Å². The van der Waals surface area contributed by atoms with Gasteiger partial charge in [-0.05, 0) is 39.7 Å². The van der Waals surface area contributed by atoms with Gasteiger partial charge in [0.25, 0.3) is 0 Å². The van der Waals surface area contributed by atoms with Crippen LogP contribution in [-0.2, 0) is 10.3 Å². The number of fused-ring (bicyclic) bond motifs is 2. The van der Waals surface area contributed by atoms with Crippen LogP contribution < -0.4 is 4.74 Å². The van der Waals surface area contributed by atoms with Crippen molar-refractivity contribution in [1.29, 1.82) is 0 Å². The highest BCUT2D eigenvalue weighted by Crippen LogP contribution is 2.48. The topological polar surface area (TPSA) is 71.9 Å². The van der Waals surface area contributed by atoms with Gasteiger partial charge in [-0.25, -0.2) is 4.79 Å². The zero-order chi connectivity index (χ0) is 17.5. The molecule has 6 nitrogen and oxygen atoms in total. The molecular weight excluding hydrogens is 308 g/mol. The minimum absolute atomic E-state index is 0.0125. The van der Waals surface area contributed by atoms with Gasteiger partial charge in [-0.1, -0.05) is 0 Å². The van der Waals surface area contributed by atoms with Crippen LogP contribution in [0.15, 0.2) is 18.5 Å². The number of carbonyl (C=O) groups is 1. The van der Waals surface area contributed by atoms with Gasteiger partial charge >= 0.3 is 6.09 Å². The molecule has 0 radical (unpaired) electrons. The number of aliphatic hydroxyl groups is 1. The molecule has 6 heteroatoms. The molecule has 0 saturated carbocycles. The first kappa shape index (κ1) is 17.0. The summed E-state index contributed by atoms with van der Waals surface area (Å²) in [7, 11) is 1.58. The number of aromatic nitrogens is 1. The summed E-state index contributed by atoms with van der Waals surface area (Å²) in [6, 6.07) is 1.78. The molecule has 3 rings (SSSR count). The first-order valence-corrected chi connectivity index (χ1v) is 8.46. The van der Waals surface area contributed by atoms with Gasteiger partial charge in [-0.2, -0.15) is 0 Å². The van der Waals surface area contributed by atoms with Crippen LogP contribution in [0.1, 0.15) is 52.0 Å². The van der Waals surface area contributed by atoms with Gasteiger partial charge < -0.3 is 19.5 Å². The van der Waals surface area contributed by atoms with Crippen LogP contribution in [0.25, 0.3) is 0 Å². The van der Waals surface area contributed by atoms with Gasteiger partial charge in [0, 0.05) is 36.7 Å². The van der Waals surface area contributed by atoms with Crippen molar-refractivity contribution in [1.82, 2.24) is 9.88 Å². The molecule has 24 heavy (non-hydrogen) atoms. The van der Waals surface area contributed by atoms with Crippen LogP contribution in [0.4, 0.5) is 4.79 Å². The molecule has 1 amide bonds. The Morgan fingerprint density at radius 1 is 1.33 bits per heavy atom. The SMILES string of the molecule is COc1cnccc1C1(O)CC2CCC(C1)N2C(=O)OC(C)(C)C. The van der Waals surface area contributed by atoms with Crippen molar-refractivity contribution < 1.29 is 19.4 Å². The molecule has 1 aromatic rings. The lowest BCUT2D eigenvalue weighted by atomic mass is 9.80. The van der Waals surface area contributed by atoms with Crippen molar-refractivity contribution in [3.8, 4) is 5.75 Å². The molecule has 2 atom stereocenters. The molecule has 1 N–H and O–H groups in total. The molecule has 0 aliphatic carbocycles. The lowest BCUT2D eigenvalue weighted by molar-refractivity contribution is -0.0633. The number of ether oxygens (including phenoxy) is 2. The summed E-state index contributed by atoms with van der Waals surface area (Å²) in [5.74, 6) is 0.588. The summed E-state index contributed by atoms with van der Waals surface area (Å²) in [4.78, 5) is 18.4. The molecule has 2 bridgehead atoms. The van der Waals surface area contributed by atoms with Crippen LogP contribution in [0, 0.1) is 0 Å². The van der Waals surface area contributed by atoms with E-state index in [2.05, 4.69) is 4.98 Å². The van der Waals surface area contributed by atoms with Crippen LogP contribution in [-0.4, -0.2) is 45.9 Å². The van der Waals surface area contributed by atoms with E-state index in [0.717, 1.165) is 18.4 Å². The highest BCUT2D eigenvalue weighted by atomic mass is 16.6. The summed E-state index contributed by atoms with van der Waals surface area (Å²) in [6.07, 6.45) is 5.76. The molecule has 2 unspecified atom stereocenters. The van der Waals surface area contributed by atoms with E-state index in [1.165, 1.54) is 0 Å². The molecule has 2 fully saturated rings. The fourth-order valence-corrected chi connectivity index (χ4v) is 3.98. The van der Waals surface area contributed by atoms with E-state index < -0.39 is 11.2 Å². The van der Waals surface area contributed by atoms with E-state index in [4.69, 9.17) is 9.47 Å². The molecule has 2 aliphatic heterocycles. The lowest BCUT2D eigenvalue weighted by Crippen LogP contribution is -2.53. The maximum absolute atomic E-state index is 12.5. The Kier molecular flexibility index (Phi) is 4.20. The highest BCUT2D eigenvalue weighted by molar-refractivity contribution is 5.70. The fourth-order valence-electron chi connectivity index (χ4n) is 3.98. The maximum atomic E-state index is 12.5. The Balaban J connectivity index is 1.83. The quantitative estimate of drug-likeness (QED) is 0.900. The number of piperidine rings is 1. The maximum Gasteiger partial charge on any atom is 0.410 e. The van der Waals surface area contributed by atoms with Gasteiger partial charge in [0.2, 0.25) is 0 Å². The lowest BCUT2D eigenvalue weighted by Gasteiger charge is -2.44. The van der Waals surface area contributed by atoms with E-state index in [1.54, 1.807) is 25.6 Å². The number of nitrogens with zero attached hydrogens (tertiary/aromatic N) is 2. The molecule has 1 aromatic heterocycles. The summed E-state index contributed by atoms with van der Waals surface area (Å²) < 4.78 is 10.9. The third-order valence-corrected chi connectivity index (χ3v) is 4.88. The number of rotatable bonds is 2. The zero-order valence-electron chi connectivity index (χ0n) is 14.8. The molecule has 2 aliphatic rings. The molecule has 0 aromatic carbocycles. The Hall–Kier alpha value is -1.82. The van der Waals surface area contributed by atoms with Crippen LogP contribution in [0.2, 0.25) is 0 Å². The number of methoxy groups -OCH3 is 1. The molecule has 132 valence electrons. The van der Waals surface area contributed by atoms with Crippen LogP contribution >= 0.6 is 0 Å². The zero-order valence-corrected chi connectivity index (χ0v) is 14.8. The number of hydrogen-bond donors (Lipinski definition) is 1. The number of hydrogen-bond acceptors (Lipinski definition) is 5. The summed E-state index contributed by atoms with van der Waals surface area (Å²) in [5.41, 5.74) is -0.766. The van der Waals surface area contributed by atoms with E-state index in [-0.39, 0.29) is 18.2 Å². The third-order valence-electron chi connectivity index (χ3n) is 4.88. The summed E-state index contributed by atoms with van der Waals surface area (Å²) >= 11 is 0. The minimum Gasteiger partial charge on any atom is -0.495 e. The second-order valence-corrected chi connectivity index (χ2v) is 7.79. The molecule has 2 saturated heterocycles. The van der Waals surface area contributed by atoms with E-state index >= 15 is 0 Å². The monoisotopic (exact) mass is 334 g/mol. The summed E-state index contributed by atoms with van der Waals surface area (Å²) in [6.45, 7) is 5.61. The van der Waals surface area contributed by atoms with E-state index in [9.17, 15) is 9.90 Å².